The summed E-state index contributed by atoms with van der Waals surface area (Å²) in [4.78, 5) is 38.6. The standard InChI is InChI=1S/C30H21ClN2O6S/c1-38-25-14-17(13-24(31)26(25)39-16-20-9-4-7-18-6-2-3-11-22(18)20)12-23-27(34)32-30(40)33(28(23)35)21-10-5-8-19(15-21)29(36)37/h2-15H,16H2,1H3,(H,36,37)(H,32,34,40). The van der Waals surface area contributed by atoms with Crippen molar-refractivity contribution in [2.45, 2.75) is 6.61 Å². The largest absolute Gasteiger partial charge is 0.493 e. The molecule has 2 N–H and O–H groups in total. The van der Waals surface area contributed by atoms with Crippen LogP contribution in [0, 0.1) is 0 Å². The van der Waals surface area contributed by atoms with E-state index >= 15 is 0 Å². The van der Waals surface area contributed by atoms with Gasteiger partial charge in [0.15, 0.2) is 16.6 Å². The zero-order valence-electron chi connectivity index (χ0n) is 21.0. The van der Waals surface area contributed by atoms with Gasteiger partial charge < -0.3 is 14.6 Å². The fourth-order valence-electron chi connectivity index (χ4n) is 4.37. The van der Waals surface area contributed by atoms with Crippen molar-refractivity contribution in [3.05, 3.63) is 106 Å². The molecule has 1 heterocycles. The molecule has 4 aromatic rings. The Bertz CT molecular complexity index is 1730. The third kappa shape index (κ3) is 5.25. The maximum atomic E-state index is 13.4. The minimum absolute atomic E-state index is 0.0360. The molecule has 0 radical (unpaired) electrons. The number of carbonyl (C=O) groups excluding carboxylic acids is 2. The lowest BCUT2D eigenvalue weighted by atomic mass is 10.1. The number of halogens is 1. The number of rotatable bonds is 7. The number of hydrogen-bond acceptors (Lipinski definition) is 6. The Labute approximate surface area is 239 Å². The molecule has 10 heteroatoms. The average molecular weight is 573 g/mol. The Hall–Kier alpha value is -4.73. The number of fused-ring (bicyclic) bond motifs is 1. The van der Waals surface area contributed by atoms with Crippen LogP contribution >= 0.6 is 23.8 Å². The fourth-order valence-corrected chi connectivity index (χ4v) is 4.92. The lowest BCUT2D eigenvalue weighted by Crippen LogP contribution is -2.54. The summed E-state index contributed by atoms with van der Waals surface area (Å²) in [6.07, 6.45) is 1.36. The molecule has 0 spiro atoms. The number of amides is 2. The molecule has 0 bridgehead atoms. The van der Waals surface area contributed by atoms with Gasteiger partial charge in [-0.3, -0.25) is 19.8 Å². The highest BCUT2D eigenvalue weighted by molar-refractivity contribution is 7.80. The number of nitrogens with zero attached hydrogens (tertiary/aromatic N) is 1. The summed E-state index contributed by atoms with van der Waals surface area (Å²) in [5.41, 5.74) is 1.32. The topological polar surface area (TPSA) is 105 Å². The minimum atomic E-state index is -1.17. The minimum Gasteiger partial charge on any atom is -0.493 e. The summed E-state index contributed by atoms with van der Waals surface area (Å²) in [6.45, 7) is 0.237. The van der Waals surface area contributed by atoms with Gasteiger partial charge in [-0.05, 0) is 70.5 Å². The van der Waals surface area contributed by atoms with Crippen LogP contribution in [0.1, 0.15) is 21.5 Å². The maximum Gasteiger partial charge on any atom is 0.335 e. The number of aromatic carboxylic acids is 1. The van der Waals surface area contributed by atoms with Crippen LogP contribution in [0.25, 0.3) is 16.8 Å². The second-order valence-electron chi connectivity index (χ2n) is 8.77. The predicted octanol–water partition coefficient (Wildman–Crippen LogP) is 5.61. The van der Waals surface area contributed by atoms with Crippen molar-refractivity contribution in [1.29, 1.82) is 0 Å². The number of carboxylic acids is 1. The van der Waals surface area contributed by atoms with Gasteiger partial charge in [-0.15, -0.1) is 0 Å². The van der Waals surface area contributed by atoms with Gasteiger partial charge in [-0.1, -0.05) is 60.1 Å². The lowest BCUT2D eigenvalue weighted by molar-refractivity contribution is -0.122. The van der Waals surface area contributed by atoms with Gasteiger partial charge in [-0.25, -0.2) is 4.79 Å². The van der Waals surface area contributed by atoms with E-state index in [0.717, 1.165) is 21.2 Å². The lowest BCUT2D eigenvalue weighted by Gasteiger charge is -2.29. The molecule has 0 atom stereocenters. The molecule has 0 aliphatic carbocycles. The summed E-state index contributed by atoms with van der Waals surface area (Å²) in [6, 6.07) is 22.7. The van der Waals surface area contributed by atoms with Crippen molar-refractivity contribution >= 4 is 69.3 Å². The normalized spacial score (nSPS) is 14.4. The van der Waals surface area contributed by atoms with E-state index in [0.29, 0.717) is 17.1 Å². The molecule has 5 rings (SSSR count). The van der Waals surface area contributed by atoms with E-state index in [1.807, 2.05) is 42.5 Å². The number of anilines is 1. The SMILES string of the molecule is COc1cc(C=C2C(=O)NC(=S)N(c3cccc(C(=O)O)c3)C2=O)cc(Cl)c1OCc1cccc2ccccc12. The van der Waals surface area contributed by atoms with E-state index in [-0.39, 0.29) is 33.6 Å². The summed E-state index contributed by atoms with van der Waals surface area (Å²) in [5, 5.41) is 14.0. The van der Waals surface area contributed by atoms with Crippen LogP contribution in [0.3, 0.4) is 0 Å². The first kappa shape index (κ1) is 26.9. The van der Waals surface area contributed by atoms with Crippen LogP contribution in [0.15, 0.2) is 84.4 Å². The van der Waals surface area contributed by atoms with Gasteiger partial charge in [0.2, 0.25) is 0 Å². The molecular formula is C30H21ClN2O6S. The first-order chi connectivity index (χ1) is 19.3. The zero-order chi connectivity index (χ0) is 28.4. The van der Waals surface area contributed by atoms with E-state index in [1.54, 1.807) is 12.1 Å². The van der Waals surface area contributed by atoms with Crippen molar-refractivity contribution in [3.8, 4) is 11.5 Å². The Morgan fingerprint density at radius 2 is 1.80 bits per heavy atom. The van der Waals surface area contributed by atoms with Gasteiger partial charge in [0.1, 0.15) is 12.2 Å². The van der Waals surface area contributed by atoms with Gasteiger partial charge in [0.05, 0.1) is 23.4 Å². The fraction of sp³-hybridized carbons (Fsp3) is 0.0667. The van der Waals surface area contributed by atoms with E-state index in [9.17, 15) is 19.5 Å². The van der Waals surface area contributed by atoms with Crippen LogP contribution in [-0.4, -0.2) is 35.1 Å². The second-order valence-corrected chi connectivity index (χ2v) is 9.57. The molecule has 1 saturated heterocycles. The summed E-state index contributed by atoms with van der Waals surface area (Å²) in [5.74, 6) is -1.96. The molecule has 4 aromatic carbocycles. The number of carboxylic acid groups (broad SMARTS) is 1. The highest BCUT2D eigenvalue weighted by atomic mass is 35.5. The quantitative estimate of drug-likeness (QED) is 0.168. The second kappa shape index (κ2) is 11.2. The maximum absolute atomic E-state index is 13.4. The molecule has 0 saturated carbocycles. The monoisotopic (exact) mass is 572 g/mol. The molecule has 40 heavy (non-hydrogen) atoms. The number of ether oxygens (including phenoxy) is 2. The van der Waals surface area contributed by atoms with Crippen molar-refractivity contribution < 1.29 is 29.0 Å². The van der Waals surface area contributed by atoms with Crippen LogP contribution in [0.4, 0.5) is 5.69 Å². The van der Waals surface area contributed by atoms with Crippen molar-refractivity contribution in [1.82, 2.24) is 5.32 Å². The van der Waals surface area contributed by atoms with E-state index in [4.69, 9.17) is 33.3 Å². The zero-order valence-corrected chi connectivity index (χ0v) is 22.6. The summed E-state index contributed by atoms with van der Waals surface area (Å²) in [7, 11) is 1.46. The van der Waals surface area contributed by atoms with E-state index in [1.165, 1.54) is 37.5 Å². The number of benzene rings is 4. The third-order valence-corrected chi connectivity index (χ3v) is 6.83. The summed E-state index contributed by atoms with van der Waals surface area (Å²) >= 11 is 11.8. The van der Waals surface area contributed by atoms with Gasteiger partial charge in [-0.2, -0.15) is 0 Å². The average Bonchev–Trinajstić information content (AvgIpc) is 2.94. The molecular weight excluding hydrogens is 552 g/mol. The van der Waals surface area contributed by atoms with Gasteiger partial charge >= 0.3 is 5.97 Å². The molecule has 1 aliphatic rings. The Morgan fingerprint density at radius 3 is 2.58 bits per heavy atom. The van der Waals surface area contributed by atoms with Crippen LogP contribution in [0.2, 0.25) is 5.02 Å². The van der Waals surface area contributed by atoms with E-state index < -0.39 is 17.8 Å². The molecule has 1 fully saturated rings. The van der Waals surface area contributed by atoms with Crippen molar-refractivity contribution in [2.24, 2.45) is 0 Å². The molecule has 0 unspecified atom stereocenters. The summed E-state index contributed by atoms with van der Waals surface area (Å²) < 4.78 is 11.6. The van der Waals surface area contributed by atoms with Gasteiger partial charge in [0.25, 0.3) is 11.8 Å². The molecule has 200 valence electrons. The Kier molecular flexibility index (Phi) is 7.50. The third-order valence-electron chi connectivity index (χ3n) is 6.27. The first-order valence-corrected chi connectivity index (χ1v) is 12.8. The number of thiocarbonyl (C=S) groups is 1. The van der Waals surface area contributed by atoms with E-state index in [2.05, 4.69) is 5.32 Å². The Balaban J connectivity index is 1.45. The van der Waals surface area contributed by atoms with Crippen LogP contribution < -0.4 is 19.7 Å². The molecule has 8 nitrogen and oxygen atoms in total. The first-order valence-electron chi connectivity index (χ1n) is 12.0. The number of hydrogen-bond donors (Lipinski definition) is 2. The number of nitrogens with one attached hydrogen (secondary N) is 1. The molecule has 2 amide bonds. The van der Waals surface area contributed by atoms with Crippen molar-refractivity contribution in [2.75, 3.05) is 12.0 Å². The van der Waals surface area contributed by atoms with Crippen LogP contribution in [0.5, 0.6) is 11.5 Å². The number of carbonyl (C=O) groups is 3. The predicted molar refractivity (Wildman–Crippen MR) is 156 cm³/mol. The number of methoxy groups -OCH3 is 1. The Morgan fingerprint density at radius 1 is 1.05 bits per heavy atom. The molecule has 1 aliphatic heterocycles. The highest BCUT2D eigenvalue weighted by Gasteiger charge is 2.35. The van der Waals surface area contributed by atoms with Crippen molar-refractivity contribution in [3.63, 3.8) is 0 Å². The highest BCUT2D eigenvalue weighted by Crippen LogP contribution is 2.38. The van der Waals surface area contributed by atoms with Crippen LogP contribution in [-0.2, 0) is 16.2 Å². The molecule has 0 aromatic heterocycles. The smallest absolute Gasteiger partial charge is 0.335 e. The van der Waals surface area contributed by atoms with Gasteiger partial charge in [0, 0.05) is 0 Å².